The number of thioether (sulfide) groups is 1. The fourth-order valence-electron chi connectivity index (χ4n) is 1.46. The van der Waals surface area contributed by atoms with Crippen molar-refractivity contribution in [1.82, 2.24) is 10.0 Å². The van der Waals surface area contributed by atoms with E-state index in [9.17, 15) is 8.42 Å². The number of nitrogens with one attached hydrogen (secondary N) is 2. The van der Waals surface area contributed by atoms with E-state index in [0.717, 1.165) is 5.56 Å². The predicted octanol–water partition coefficient (Wildman–Crippen LogP) is 2.20. The van der Waals surface area contributed by atoms with Crippen LogP contribution in [-0.2, 0) is 16.6 Å². The zero-order valence-corrected chi connectivity index (χ0v) is 14.5. The summed E-state index contributed by atoms with van der Waals surface area (Å²) < 4.78 is 27.6. The second-order valence-electron chi connectivity index (χ2n) is 4.19. The molecule has 108 valence electrons. The third-order valence-corrected chi connectivity index (χ3v) is 6.00. The number of hydrogen-bond acceptors (Lipinski definition) is 4. The predicted molar refractivity (Wildman–Crippen MR) is 85.1 cm³/mol. The summed E-state index contributed by atoms with van der Waals surface area (Å²) in [5, 5.41) is 3.28. The Balaban J connectivity index is 2.89. The normalized spacial score (nSPS) is 13.5. The fraction of sp³-hybridized carbons (Fsp3) is 0.500. The molecule has 1 unspecified atom stereocenters. The molecule has 0 aliphatic rings. The molecule has 1 aromatic rings. The third kappa shape index (κ3) is 5.07. The minimum atomic E-state index is -3.46. The zero-order valence-electron chi connectivity index (χ0n) is 11.2. The molecule has 4 nitrogen and oxygen atoms in total. The Hall–Kier alpha value is -0.0800. The summed E-state index contributed by atoms with van der Waals surface area (Å²) in [6.45, 7) is 3.11. The van der Waals surface area contributed by atoms with E-state index in [-0.39, 0.29) is 10.1 Å². The first-order valence-corrected chi connectivity index (χ1v) is 9.42. The summed E-state index contributed by atoms with van der Waals surface area (Å²) in [4.78, 5) is 0.278. The molecule has 0 saturated carbocycles. The van der Waals surface area contributed by atoms with Crippen molar-refractivity contribution in [2.75, 3.05) is 19.8 Å². The Kier molecular flexibility index (Phi) is 6.82. The van der Waals surface area contributed by atoms with Crippen LogP contribution in [0.1, 0.15) is 12.5 Å². The first-order chi connectivity index (χ1) is 8.90. The second-order valence-corrected chi connectivity index (χ2v) is 8.06. The molecule has 0 saturated heterocycles. The van der Waals surface area contributed by atoms with Crippen LogP contribution in [0, 0.1) is 0 Å². The summed E-state index contributed by atoms with van der Waals surface area (Å²) in [7, 11) is -1.61. The first-order valence-electron chi connectivity index (χ1n) is 5.86. The van der Waals surface area contributed by atoms with Crippen LogP contribution in [0.5, 0.6) is 0 Å². The van der Waals surface area contributed by atoms with Gasteiger partial charge in [0.05, 0.1) is 4.90 Å². The average molecular weight is 367 g/mol. The highest BCUT2D eigenvalue weighted by Gasteiger charge is 2.18. The summed E-state index contributed by atoms with van der Waals surface area (Å²) in [6.07, 6.45) is 1.96. The van der Waals surface area contributed by atoms with Gasteiger partial charge in [0.1, 0.15) is 0 Å². The molecule has 0 aliphatic carbocycles. The van der Waals surface area contributed by atoms with Gasteiger partial charge in [0.15, 0.2) is 0 Å². The van der Waals surface area contributed by atoms with Crippen molar-refractivity contribution < 1.29 is 8.42 Å². The molecule has 1 rings (SSSR count). The monoisotopic (exact) mass is 366 g/mol. The van der Waals surface area contributed by atoms with Gasteiger partial charge in [0.25, 0.3) is 0 Å². The molecule has 0 spiro atoms. The summed E-state index contributed by atoms with van der Waals surface area (Å²) >= 11 is 4.95. The van der Waals surface area contributed by atoms with Gasteiger partial charge in [-0.2, -0.15) is 11.8 Å². The molecule has 0 amide bonds. The maximum atomic E-state index is 12.2. The standard InChI is InChI=1S/C12H19BrN2O2S2/c1-9(18-3)7-15-19(16,17)12-5-4-10(8-14-2)6-11(12)13/h4-6,9,14-15H,7-8H2,1-3H3. The van der Waals surface area contributed by atoms with Gasteiger partial charge in [0, 0.05) is 22.8 Å². The van der Waals surface area contributed by atoms with E-state index < -0.39 is 10.0 Å². The minimum Gasteiger partial charge on any atom is -0.316 e. The SMILES string of the molecule is CNCc1ccc(S(=O)(=O)NCC(C)SC)c(Br)c1. The van der Waals surface area contributed by atoms with Gasteiger partial charge in [-0.25, -0.2) is 13.1 Å². The molecule has 0 bridgehead atoms. The third-order valence-electron chi connectivity index (χ3n) is 2.63. The van der Waals surface area contributed by atoms with Crippen molar-refractivity contribution in [2.24, 2.45) is 0 Å². The van der Waals surface area contributed by atoms with E-state index in [2.05, 4.69) is 26.0 Å². The molecular weight excluding hydrogens is 348 g/mol. The van der Waals surface area contributed by atoms with Crippen LogP contribution in [0.25, 0.3) is 0 Å². The summed E-state index contributed by atoms with van der Waals surface area (Å²) in [6, 6.07) is 5.26. The van der Waals surface area contributed by atoms with Crippen molar-refractivity contribution in [3.63, 3.8) is 0 Å². The molecule has 1 aromatic carbocycles. The number of benzene rings is 1. The number of rotatable bonds is 7. The van der Waals surface area contributed by atoms with E-state index >= 15 is 0 Å². The highest BCUT2D eigenvalue weighted by atomic mass is 79.9. The molecular formula is C12H19BrN2O2S2. The van der Waals surface area contributed by atoms with Crippen LogP contribution >= 0.6 is 27.7 Å². The van der Waals surface area contributed by atoms with Gasteiger partial charge < -0.3 is 5.32 Å². The van der Waals surface area contributed by atoms with Gasteiger partial charge in [-0.15, -0.1) is 0 Å². The molecule has 2 N–H and O–H groups in total. The Morgan fingerprint density at radius 3 is 2.63 bits per heavy atom. The van der Waals surface area contributed by atoms with Crippen molar-refractivity contribution >= 4 is 37.7 Å². The van der Waals surface area contributed by atoms with Crippen molar-refractivity contribution in [1.29, 1.82) is 0 Å². The lowest BCUT2D eigenvalue weighted by atomic mass is 10.2. The van der Waals surface area contributed by atoms with Gasteiger partial charge >= 0.3 is 0 Å². The maximum Gasteiger partial charge on any atom is 0.241 e. The van der Waals surface area contributed by atoms with Crippen LogP contribution in [0.2, 0.25) is 0 Å². The highest BCUT2D eigenvalue weighted by Crippen LogP contribution is 2.23. The van der Waals surface area contributed by atoms with E-state index in [1.165, 1.54) is 0 Å². The number of hydrogen-bond donors (Lipinski definition) is 2. The molecule has 19 heavy (non-hydrogen) atoms. The topological polar surface area (TPSA) is 58.2 Å². The summed E-state index contributed by atoms with van der Waals surface area (Å²) in [5.74, 6) is 0. The Bertz CT molecular complexity index is 520. The van der Waals surface area contributed by atoms with E-state index in [1.54, 1.807) is 17.8 Å². The first kappa shape index (κ1) is 17.0. The zero-order chi connectivity index (χ0) is 14.5. The molecule has 1 atom stereocenters. The van der Waals surface area contributed by atoms with Gasteiger partial charge in [-0.1, -0.05) is 13.0 Å². The van der Waals surface area contributed by atoms with E-state index in [0.29, 0.717) is 17.6 Å². The fourth-order valence-corrected chi connectivity index (χ4v) is 4.07. The van der Waals surface area contributed by atoms with Gasteiger partial charge in [-0.05, 0) is 46.9 Å². The number of sulfonamides is 1. The van der Waals surface area contributed by atoms with Crippen LogP contribution in [-0.4, -0.2) is 33.5 Å². The van der Waals surface area contributed by atoms with Crippen molar-refractivity contribution in [3.05, 3.63) is 28.2 Å². The molecule has 0 aliphatic heterocycles. The van der Waals surface area contributed by atoms with Gasteiger partial charge in [0.2, 0.25) is 10.0 Å². The minimum absolute atomic E-state index is 0.247. The van der Waals surface area contributed by atoms with Crippen LogP contribution < -0.4 is 10.0 Å². The van der Waals surface area contributed by atoms with Crippen molar-refractivity contribution in [3.8, 4) is 0 Å². The molecule has 0 heterocycles. The average Bonchev–Trinajstić information content (AvgIpc) is 2.36. The van der Waals surface area contributed by atoms with Crippen LogP contribution in [0.3, 0.4) is 0 Å². The molecule has 0 radical (unpaired) electrons. The Labute approximate surface area is 127 Å². The lowest BCUT2D eigenvalue weighted by Crippen LogP contribution is -2.29. The molecule has 7 heteroatoms. The lowest BCUT2D eigenvalue weighted by Gasteiger charge is -2.12. The highest BCUT2D eigenvalue weighted by molar-refractivity contribution is 9.10. The molecule has 0 fully saturated rings. The van der Waals surface area contributed by atoms with Crippen LogP contribution in [0.4, 0.5) is 0 Å². The summed E-state index contributed by atoms with van der Waals surface area (Å²) in [5.41, 5.74) is 1.03. The molecule has 0 aromatic heterocycles. The van der Waals surface area contributed by atoms with Crippen LogP contribution in [0.15, 0.2) is 27.6 Å². The number of halogens is 1. The maximum absolute atomic E-state index is 12.2. The quantitative estimate of drug-likeness (QED) is 0.776. The van der Waals surface area contributed by atoms with Gasteiger partial charge in [-0.3, -0.25) is 0 Å². The van der Waals surface area contributed by atoms with E-state index in [4.69, 9.17) is 0 Å². The Morgan fingerprint density at radius 2 is 2.11 bits per heavy atom. The van der Waals surface area contributed by atoms with Crippen molar-refractivity contribution in [2.45, 2.75) is 23.6 Å². The second kappa shape index (κ2) is 7.64. The lowest BCUT2D eigenvalue weighted by molar-refractivity contribution is 0.581. The van der Waals surface area contributed by atoms with E-state index in [1.807, 2.05) is 32.4 Å². The smallest absolute Gasteiger partial charge is 0.241 e. The Morgan fingerprint density at radius 1 is 1.42 bits per heavy atom. The largest absolute Gasteiger partial charge is 0.316 e.